The van der Waals surface area contributed by atoms with E-state index in [0.717, 1.165) is 32.4 Å². The van der Waals surface area contributed by atoms with Crippen molar-refractivity contribution < 1.29 is 19.1 Å². The Bertz CT molecular complexity index is 860. The number of hydrogen-bond donors (Lipinski definition) is 1. The van der Waals surface area contributed by atoms with Crippen molar-refractivity contribution in [1.29, 1.82) is 0 Å². The molecular weight excluding hydrogens is 346 g/mol. The number of benzene rings is 1. The molecule has 3 rings (SSSR count). The minimum atomic E-state index is -0.484. The Morgan fingerprint density at radius 3 is 2.48 bits per heavy atom. The van der Waals surface area contributed by atoms with Crippen molar-refractivity contribution in [2.45, 2.75) is 19.3 Å². The fourth-order valence-electron chi connectivity index (χ4n) is 3.01. The lowest BCUT2D eigenvalue weighted by molar-refractivity contribution is 0.0600. The quantitative estimate of drug-likeness (QED) is 0.840. The molecule has 2 heterocycles. The van der Waals surface area contributed by atoms with Gasteiger partial charge < -0.3 is 15.0 Å². The molecule has 140 valence electrons. The standard InChI is InChI=1S/C20H21N3O4/c1-27-20(26)14-6-5-7-17(11-14)22-18(24)15-10-16(13-21-12-15)19(25)23-8-3-2-4-9-23/h5-7,10-13H,2-4,8-9H2,1H3,(H,22,24). The van der Waals surface area contributed by atoms with Gasteiger partial charge in [-0.25, -0.2) is 4.79 Å². The summed E-state index contributed by atoms with van der Waals surface area (Å²) in [6.45, 7) is 1.46. The minimum Gasteiger partial charge on any atom is -0.465 e. The smallest absolute Gasteiger partial charge is 0.337 e. The number of rotatable bonds is 4. The zero-order chi connectivity index (χ0) is 19.2. The average molecular weight is 367 g/mol. The van der Waals surface area contributed by atoms with Gasteiger partial charge in [-0.05, 0) is 43.5 Å². The first-order chi connectivity index (χ1) is 13.1. The molecule has 0 saturated carbocycles. The van der Waals surface area contributed by atoms with Crippen LogP contribution in [0.25, 0.3) is 0 Å². The number of likely N-dealkylation sites (tertiary alicyclic amines) is 1. The molecule has 2 aromatic rings. The fourth-order valence-corrected chi connectivity index (χ4v) is 3.01. The number of methoxy groups -OCH3 is 1. The van der Waals surface area contributed by atoms with Crippen LogP contribution in [0.5, 0.6) is 0 Å². The number of ether oxygens (including phenoxy) is 1. The first-order valence-electron chi connectivity index (χ1n) is 8.82. The molecule has 1 saturated heterocycles. The van der Waals surface area contributed by atoms with Crippen molar-refractivity contribution in [2.24, 2.45) is 0 Å². The van der Waals surface area contributed by atoms with Gasteiger partial charge in [-0.15, -0.1) is 0 Å². The predicted molar refractivity (Wildman–Crippen MR) is 99.7 cm³/mol. The second-order valence-corrected chi connectivity index (χ2v) is 6.34. The zero-order valence-electron chi connectivity index (χ0n) is 15.1. The number of hydrogen-bond acceptors (Lipinski definition) is 5. The molecule has 0 bridgehead atoms. The molecule has 0 unspecified atom stereocenters. The second-order valence-electron chi connectivity index (χ2n) is 6.34. The highest BCUT2D eigenvalue weighted by atomic mass is 16.5. The van der Waals surface area contributed by atoms with Gasteiger partial charge in [-0.2, -0.15) is 0 Å². The van der Waals surface area contributed by atoms with Crippen LogP contribution in [0.2, 0.25) is 0 Å². The number of pyridine rings is 1. The van der Waals surface area contributed by atoms with Gasteiger partial charge in [-0.3, -0.25) is 14.6 Å². The average Bonchev–Trinajstić information content (AvgIpc) is 2.73. The van der Waals surface area contributed by atoms with Gasteiger partial charge in [0.1, 0.15) is 0 Å². The number of carbonyl (C=O) groups is 3. The van der Waals surface area contributed by atoms with Crippen LogP contribution in [-0.2, 0) is 4.74 Å². The Balaban J connectivity index is 1.74. The minimum absolute atomic E-state index is 0.107. The maximum atomic E-state index is 12.6. The summed E-state index contributed by atoms with van der Waals surface area (Å²) in [4.78, 5) is 42.5. The topological polar surface area (TPSA) is 88.6 Å². The van der Waals surface area contributed by atoms with E-state index in [1.807, 2.05) is 0 Å². The predicted octanol–water partition coefficient (Wildman–Crippen LogP) is 2.75. The van der Waals surface area contributed by atoms with Crippen LogP contribution in [0.4, 0.5) is 5.69 Å². The molecule has 1 aliphatic heterocycles. The highest BCUT2D eigenvalue weighted by molar-refractivity contribution is 6.06. The number of carbonyl (C=O) groups excluding carboxylic acids is 3. The molecule has 7 heteroatoms. The van der Waals surface area contributed by atoms with Gasteiger partial charge in [0.25, 0.3) is 11.8 Å². The highest BCUT2D eigenvalue weighted by Crippen LogP contribution is 2.16. The van der Waals surface area contributed by atoms with E-state index in [1.54, 1.807) is 29.2 Å². The molecule has 1 aromatic carbocycles. The van der Waals surface area contributed by atoms with E-state index in [0.29, 0.717) is 16.8 Å². The molecule has 0 spiro atoms. The summed E-state index contributed by atoms with van der Waals surface area (Å²) in [6.07, 6.45) is 6.01. The van der Waals surface area contributed by atoms with Crippen LogP contribution < -0.4 is 5.32 Å². The molecule has 27 heavy (non-hydrogen) atoms. The number of aromatic nitrogens is 1. The van der Waals surface area contributed by atoms with Gasteiger partial charge in [0, 0.05) is 31.2 Å². The van der Waals surface area contributed by atoms with E-state index in [9.17, 15) is 14.4 Å². The van der Waals surface area contributed by atoms with Gasteiger partial charge in [0.2, 0.25) is 0 Å². The van der Waals surface area contributed by atoms with Crippen LogP contribution >= 0.6 is 0 Å². The third-order valence-corrected chi connectivity index (χ3v) is 4.43. The van der Waals surface area contributed by atoms with Gasteiger partial charge in [0.05, 0.1) is 23.8 Å². The molecule has 0 radical (unpaired) electrons. The summed E-state index contributed by atoms with van der Waals surface area (Å²) in [5.41, 5.74) is 1.47. The lowest BCUT2D eigenvalue weighted by atomic mass is 10.1. The highest BCUT2D eigenvalue weighted by Gasteiger charge is 2.19. The van der Waals surface area contributed by atoms with Crippen LogP contribution in [0.1, 0.15) is 50.3 Å². The Kier molecular flexibility index (Phi) is 5.80. The number of amides is 2. The summed E-state index contributed by atoms with van der Waals surface area (Å²) in [5, 5.41) is 2.71. The molecule has 0 aliphatic carbocycles. The lowest BCUT2D eigenvalue weighted by Crippen LogP contribution is -2.35. The van der Waals surface area contributed by atoms with Crippen molar-refractivity contribution in [3.8, 4) is 0 Å². The van der Waals surface area contributed by atoms with E-state index in [4.69, 9.17) is 0 Å². The van der Waals surface area contributed by atoms with E-state index in [1.165, 1.54) is 25.6 Å². The van der Waals surface area contributed by atoms with Crippen molar-refractivity contribution in [3.05, 3.63) is 59.4 Å². The second kappa shape index (κ2) is 8.44. The fraction of sp³-hybridized carbons (Fsp3) is 0.300. The van der Waals surface area contributed by atoms with E-state index in [2.05, 4.69) is 15.0 Å². The Morgan fingerprint density at radius 1 is 1.00 bits per heavy atom. The molecule has 1 aliphatic rings. The third-order valence-electron chi connectivity index (χ3n) is 4.43. The monoisotopic (exact) mass is 367 g/mol. The molecule has 2 amide bonds. The van der Waals surface area contributed by atoms with Crippen molar-refractivity contribution in [2.75, 3.05) is 25.5 Å². The largest absolute Gasteiger partial charge is 0.465 e. The summed E-state index contributed by atoms with van der Waals surface area (Å²) >= 11 is 0. The summed E-state index contributed by atoms with van der Waals surface area (Å²) in [7, 11) is 1.30. The van der Waals surface area contributed by atoms with Crippen LogP contribution in [-0.4, -0.2) is 47.9 Å². The van der Waals surface area contributed by atoms with E-state index < -0.39 is 11.9 Å². The number of piperidine rings is 1. The molecule has 1 aromatic heterocycles. The van der Waals surface area contributed by atoms with E-state index >= 15 is 0 Å². The summed E-state index contributed by atoms with van der Waals surface area (Å²) < 4.78 is 4.68. The maximum absolute atomic E-state index is 12.6. The summed E-state index contributed by atoms with van der Waals surface area (Å²) in [5.74, 6) is -0.996. The molecule has 1 N–H and O–H groups in total. The normalized spacial score (nSPS) is 13.7. The SMILES string of the molecule is COC(=O)c1cccc(NC(=O)c2cncc(C(=O)N3CCCCC3)c2)c1. The number of nitrogens with zero attached hydrogens (tertiary/aromatic N) is 2. The van der Waals surface area contributed by atoms with Gasteiger partial charge in [-0.1, -0.05) is 6.07 Å². The lowest BCUT2D eigenvalue weighted by Gasteiger charge is -2.26. The molecule has 7 nitrogen and oxygen atoms in total. The van der Waals surface area contributed by atoms with Crippen LogP contribution in [0, 0.1) is 0 Å². The molecular formula is C20H21N3O4. The molecule has 1 fully saturated rings. The number of nitrogens with one attached hydrogen (secondary N) is 1. The molecule has 0 atom stereocenters. The van der Waals surface area contributed by atoms with E-state index in [-0.39, 0.29) is 11.5 Å². The number of esters is 1. The van der Waals surface area contributed by atoms with Gasteiger partial charge >= 0.3 is 5.97 Å². The Morgan fingerprint density at radius 2 is 1.74 bits per heavy atom. The van der Waals surface area contributed by atoms with Crippen molar-refractivity contribution >= 4 is 23.5 Å². The van der Waals surface area contributed by atoms with Crippen LogP contribution in [0.15, 0.2) is 42.7 Å². The number of anilines is 1. The first kappa shape index (κ1) is 18.6. The third kappa shape index (κ3) is 4.49. The first-order valence-corrected chi connectivity index (χ1v) is 8.82. The van der Waals surface area contributed by atoms with Crippen LogP contribution in [0.3, 0.4) is 0 Å². The zero-order valence-corrected chi connectivity index (χ0v) is 15.1. The Labute approximate surface area is 157 Å². The van der Waals surface area contributed by atoms with Crippen molar-refractivity contribution in [3.63, 3.8) is 0 Å². The maximum Gasteiger partial charge on any atom is 0.337 e. The van der Waals surface area contributed by atoms with Gasteiger partial charge in [0.15, 0.2) is 0 Å². The summed E-state index contributed by atoms with van der Waals surface area (Å²) in [6, 6.07) is 7.99. The Hall–Kier alpha value is -3.22. The van der Waals surface area contributed by atoms with Crippen molar-refractivity contribution in [1.82, 2.24) is 9.88 Å².